The predicted molar refractivity (Wildman–Crippen MR) is 68.4 cm³/mol. The van der Waals surface area contributed by atoms with E-state index in [0.717, 1.165) is 39.1 Å². The molecule has 0 aromatic heterocycles. The lowest BCUT2D eigenvalue weighted by molar-refractivity contribution is -0.168. The van der Waals surface area contributed by atoms with Crippen molar-refractivity contribution in [3.05, 3.63) is 0 Å². The summed E-state index contributed by atoms with van der Waals surface area (Å²) in [5, 5.41) is 0. The zero-order valence-electron chi connectivity index (χ0n) is 11.2. The van der Waals surface area contributed by atoms with Gasteiger partial charge >= 0.3 is 0 Å². The largest absolute Gasteiger partial charge is 0.381 e. The van der Waals surface area contributed by atoms with Crippen molar-refractivity contribution in [2.45, 2.75) is 57.5 Å². The van der Waals surface area contributed by atoms with E-state index < -0.39 is 0 Å². The van der Waals surface area contributed by atoms with Crippen LogP contribution in [0.25, 0.3) is 0 Å². The van der Waals surface area contributed by atoms with Crippen LogP contribution >= 0.6 is 0 Å². The Balaban J connectivity index is 1.56. The number of ketones is 1. The van der Waals surface area contributed by atoms with Crippen molar-refractivity contribution in [2.24, 2.45) is 11.3 Å². The van der Waals surface area contributed by atoms with E-state index in [9.17, 15) is 4.79 Å². The number of hydrogen-bond acceptors (Lipinski definition) is 3. The first-order valence-electron chi connectivity index (χ1n) is 7.54. The van der Waals surface area contributed by atoms with E-state index in [0.29, 0.717) is 18.1 Å². The van der Waals surface area contributed by atoms with E-state index in [1.165, 1.54) is 25.7 Å². The summed E-state index contributed by atoms with van der Waals surface area (Å²) in [5.41, 5.74) is -0.0873. The van der Waals surface area contributed by atoms with Crippen LogP contribution in [0.2, 0.25) is 0 Å². The van der Waals surface area contributed by atoms with Crippen LogP contribution in [0.1, 0.15) is 51.4 Å². The summed E-state index contributed by atoms with van der Waals surface area (Å²) >= 11 is 0. The second-order valence-corrected chi connectivity index (χ2v) is 6.25. The second kappa shape index (κ2) is 5.30. The highest BCUT2D eigenvalue weighted by atomic mass is 16.5. The molecule has 0 aromatic carbocycles. The molecule has 18 heavy (non-hydrogen) atoms. The van der Waals surface area contributed by atoms with Crippen LogP contribution in [0.15, 0.2) is 0 Å². The lowest BCUT2D eigenvalue weighted by Crippen LogP contribution is -2.55. The maximum Gasteiger partial charge on any atom is 0.144 e. The molecule has 1 aliphatic heterocycles. The van der Waals surface area contributed by atoms with Crippen molar-refractivity contribution >= 4 is 5.78 Å². The minimum absolute atomic E-state index is 0.0873. The fourth-order valence-corrected chi connectivity index (χ4v) is 3.76. The Hall–Kier alpha value is -0.410. The maximum absolute atomic E-state index is 12.1. The SMILES string of the molecule is O=C1CC(OCC2CCOC2)C12CCCCCC2. The minimum atomic E-state index is -0.0873. The molecule has 3 aliphatic rings. The molecule has 2 saturated carbocycles. The van der Waals surface area contributed by atoms with Gasteiger partial charge in [0.05, 0.1) is 24.7 Å². The van der Waals surface area contributed by atoms with Gasteiger partial charge in [-0.15, -0.1) is 0 Å². The number of carbonyl (C=O) groups excluding carboxylic acids is 1. The Kier molecular flexibility index (Phi) is 3.71. The van der Waals surface area contributed by atoms with Crippen LogP contribution < -0.4 is 0 Å². The molecule has 0 bridgehead atoms. The highest BCUT2D eigenvalue weighted by Gasteiger charge is 2.54. The molecule has 1 saturated heterocycles. The fourth-order valence-electron chi connectivity index (χ4n) is 3.76. The van der Waals surface area contributed by atoms with Crippen LogP contribution in [0, 0.1) is 11.3 Å². The monoisotopic (exact) mass is 252 g/mol. The molecule has 0 N–H and O–H groups in total. The predicted octanol–water partition coefficient (Wildman–Crippen LogP) is 2.72. The van der Waals surface area contributed by atoms with Gasteiger partial charge in [0.15, 0.2) is 0 Å². The number of ether oxygens (including phenoxy) is 2. The first-order chi connectivity index (χ1) is 8.81. The standard InChI is InChI=1S/C15H24O3/c16-13-9-14(18-11-12-5-8-17-10-12)15(13)6-3-1-2-4-7-15/h12,14H,1-11H2. The molecular weight excluding hydrogens is 228 g/mol. The molecule has 3 fully saturated rings. The molecule has 0 amide bonds. The molecule has 3 nitrogen and oxygen atoms in total. The summed E-state index contributed by atoms with van der Waals surface area (Å²) in [6.07, 6.45) is 9.12. The highest BCUT2D eigenvalue weighted by Crippen LogP contribution is 2.49. The van der Waals surface area contributed by atoms with Gasteiger partial charge in [-0.2, -0.15) is 0 Å². The lowest BCUT2D eigenvalue weighted by atomic mass is 9.60. The summed E-state index contributed by atoms with van der Waals surface area (Å²) in [6.45, 7) is 2.51. The molecular formula is C15H24O3. The van der Waals surface area contributed by atoms with Crippen LogP contribution in [0.3, 0.4) is 0 Å². The Morgan fingerprint density at radius 2 is 2.00 bits per heavy atom. The van der Waals surface area contributed by atoms with Crippen LogP contribution in [0.5, 0.6) is 0 Å². The summed E-state index contributed by atoms with van der Waals surface area (Å²) < 4.78 is 11.5. The average molecular weight is 252 g/mol. The molecule has 2 unspecified atom stereocenters. The third kappa shape index (κ3) is 2.23. The zero-order valence-corrected chi connectivity index (χ0v) is 11.2. The van der Waals surface area contributed by atoms with E-state index in [2.05, 4.69) is 0 Å². The third-order valence-corrected chi connectivity index (χ3v) is 5.10. The van der Waals surface area contributed by atoms with Crippen molar-refractivity contribution in [1.82, 2.24) is 0 Å². The minimum Gasteiger partial charge on any atom is -0.381 e. The molecule has 0 aromatic rings. The van der Waals surface area contributed by atoms with E-state index in [1.807, 2.05) is 0 Å². The van der Waals surface area contributed by atoms with E-state index in [-0.39, 0.29) is 11.5 Å². The lowest BCUT2D eigenvalue weighted by Gasteiger charge is -2.47. The van der Waals surface area contributed by atoms with Crippen molar-refractivity contribution in [2.75, 3.05) is 19.8 Å². The Labute approximate surface area is 109 Å². The third-order valence-electron chi connectivity index (χ3n) is 5.10. The van der Waals surface area contributed by atoms with Crippen molar-refractivity contribution in [1.29, 1.82) is 0 Å². The van der Waals surface area contributed by atoms with E-state index in [4.69, 9.17) is 9.47 Å². The van der Waals surface area contributed by atoms with E-state index >= 15 is 0 Å². The van der Waals surface area contributed by atoms with Gasteiger partial charge in [0, 0.05) is 18.9 Å². The van der Waals surface area contributed by atoms with Gasteiger partial charge in [0.1, 0.15) is 5.78 Å². The van der Waals surface area contributed by atoms with Crippen LogP contribution in [-0.4, -0.2) is 31.7 Å². The molecule has 0 radical (unpaired) electrons. The van der Waals surface area contributed by atoms with Crippen LogP contribution in [-0.2, 0) is 14.3 Å². The molecule has 102 valence electrons. The first kappa shape index (κ1) is 12.6. The summed E-state index contributed by atoms with van der Waals surface area (Å²) in [5.74, 6) is 1.03. The Morgan fingerprint density at radius 3 is 2.61 bits per heavy atom. The first-order valence-corrected chi connectivity index (χ1v) is 7.54. The van der Waals surface area contributed by atoms with Gasteiger partial charge in [0.25, 0.3) is 0 Å². The summed E-state index contributed by atoms with van der Waals surface area (Å²) in [4.78, 5) is 12.1. The highest BCUT2D eigenvalue weighted by molar-refractivity contribution is 5.92. The number of rotatable bonds is 3. The molecule has 1 spiro atoms. The molecule has 2 atom stereocenters. The number of hydrogen-bond donors (Lipinski definition) is 0. The van der Waals surface area contributed by atoms with Crippen molar-refractivity contribution < 1.29 is 14.3 Å². The van der Waals surface area contributed by atoms with Crippen molar-refractivity contribution in [3.63, 3.8) is 0 Å². The number of carbonyl (C=O) groups is 1. The van der Waals surface area contributed by atoms with E-state index in [1.54, 1.807) is 0 Å². The van der Waals surface area contributed by atoms with Gasteiger partial charge in [-0.25, -0.2) is 0 Å². The zero-order chi connectivity index (χ0) is 12.4. The Morgan fingerprint density at radius 1 is 1.22 bits per heavy atom. The van der Waals surface area contributed by atoms with Gasteiger partial charge in [0.2, 0.25) is 0 Å². The smallest absolute Gasteiger partial charge is 0.144 e. The van der Waals surface area contributed by atoms with Crippen LogP contribution in [0.4, 0.5) is 0 Å². The van der Waals surface area contributed by atoms with Gasteiger partial charge in [-0.05, 0) is 19.3 Å². The fraction of sp³-hybridized carbons (Fsp3) is 0.933. The molecule has 3 heteroatoms. The quantitative estimate of drug-likeness (QED) is 0.774. The van der Waals surface area contributed by atoms with Gasteiger partial charge in [-0.1, -0.05) is 25.7 Å². The van der Waals surface area contributed by atoms with Gasteiger partial charge < -0.3 is 9.47 Å². The molecule has 3 rings (SSSR count). The maximum atomic E-state index is 12.1. The normalized spacial score (nSPS) is 35.4. The van der Waals surface area contributed by atoms with Gasteiger partial charge in [-0.3, -0.25) is 4.79 Å². The average Bonchev–Trinajstić information content (AvgIpc) is 2.75. The topological polar surface area (TPSA) is 35.5 Å². The Bertz CT molecular complexity index is 299. The number of Topliss-reactive ketones (excluding diaryl/α,β-unsaturated/α-hetero) is 1. The second-order valence-electron chi connectivity index (χ2n) is 6.25. The molecule has 2 aliphatic carbocycles. The summed E-state index contributed by atoms with van der Waals surface area (Å²) in [6, 6.07) is 0. The molecule has 1 heterocycles. The summed E-state index contributed by atoms with van der Waals surface area (Å²) in [7, 11) is 0. The van der Waals surface area contributed by atoms with Crippen molar-refractivity contribution in [3.8, 4) is 0 Å².